The number of halogens is 1. The molecule has 1 atom stereocenters. The summed E-state index contributed by atoms with van der Waals surface area (Å²) in [5.41, 5.74) is 7.29. The van der Waals surface area contributed by atoms with E-state index in [2.05, 4.69) is 5.32 Å². The Bertz CT molecular complexity index is 424. The molecule has 0 spiro atoms. The zero-order chi connectivity index (χ0) is 13.2. The Hall–Kier alpha value is -1.06. The van der Waals surface area contributed by atoms with Crippen molar-refractivity contribution in [1.82, 2.24) is 0 Å². The predicted molar refractivity (Wildman–Crippen MR) is 72.2 cm³/mol. The molecule has 0 aliphatic rings. The topological polar surface area (TPSA) is 55.1 Å². The summed E-state index contributed by atoms with van der Waals surface area (Å²) in [6.45, 7) is 7.71. The van der Waals surface area contributed by atoms with Crippen LogP contribution in [0.2, 0.25) is 5.02 Å². The molecule has 0 aliphatic heterocycles. The van der Waals surface area contributed by atoms with E-state index in [1.54, 1.807) is 12.1 Å². The van der Waals surface area contributed by atoms with Gasteiger partial charge in [0.15, 0.2) is 0 Å². The predicted octanol–water partition coefficient (Wildman–Crippen LogP) is 2.96. The molecular weight excluding hydrogens is 236 g/mol. The van der Waals surface area contributed by atoms with Crippen molar-refractivity contribution in [2.24, 2.45) is 11.1 Å². The lowest BCUT2D eigenvalue weighted by Gasteiger charge is -2.26. The minimum Gasteiger partial charge on any atom is -0.324 e. The summed E-state index contributed by atoms with van der Waals surface area (Å²) in [4.78, 5) is 11.9. The third-order valence-corrected chi connectivity index (χ3v) is 2.91. The number of anilines is 1. The van der Waals surface area contributed by atoms with Gasteiger partial charge in [0, 0.05) is 10.7 Å². The molecule has 4 heteroatoms. The van der Waals surface area contributed by atoms with Crippen LogP contribution < -0.4 is 11.1 Å². The largest absolute Gasteiger partial charge is 0.324 e. The Morgan fingerprint density at radius 2 is 2.00 bits per heavy atom. The molecule has 0 saturated carbocycles. The Morgan fingerprint density at radius 3 is 2.53 bits per heavy atom. The second-order valence-electron chi connectivity index (χ2n) is 5.29. The first-order valence-electron chi connectivity index (χ1n) is 5.54. The monoisotopic (exact) mass is 254 g/mol. The number of rotatable bonds is 2. The quantitative estimate of drug-likeness (QED) is 0.853. The van der Waals surface area contributed by atoms with E-state index in [9.17, 15) is 4.79 Å². The third-order valence-electron chi connectivity index (χ3n) is 2.67. The average molecular weight is 255 g/mol. The van der Waals surface area contributed by atoms with Crippen LogP contribution in [0.3, 0.4) is 0 Å². The van der Waals surface area contributed by atoms with Gasteiger partial charge in [-0.05, 0) is 30.0 Å². The fourth-order valence-corrected chi connectivity index (χ4v) is 1.50. The molecule has 0 aromatic heterocycles. The van der Waals surface area contributed by atoms with Crippen LogP contribution in [0.5, 0.6) is 0 Å². The lowest BCUT2D eigenvalue weighted by atomic mass is 9.87. The van der Waals surface area contributed by atoms with Crippen molar-refractivity contribution in [3.8, 4) is 0 Å². The van der Waals surface area contributed by atoms with Crippen molar-refractivity contribution in [3.63, 3.8) is 0 Å². The molecule has 1 aromatic rings. The second kappa shape index (κ2) is 5.07. The highest BCUT2D eigenvalue weighted by Crippen LogP contribution is 2.22. The minimum atomic E-state index is -0.555. The highest BCUT2D eigenvalue weighted by Gasteiger charge is 2.27. The molecule has 0 bridgehead atoms. The summed E-state index contributed by atoms with van der Waals surface area (Å²) in [7, 11) is 0. The van der Waals surface area contributed by atoms with E-state index in [0.717, 1.165) is 5.56 Å². The van der Waals surface area contributed by atoms with Crippen LogP contribution in [0.15, 0.2) is 18.2 Å². The molecule has 0 saturated heterocycles. The number of carbonyl (C=O) groups excluding carboxylic acids is 1. The van der Waals surface area contributed by atoms with Crippen molar-refractivity contribution in [2.75, 3.05) is 5.32 Å². The van der Waals surface area contributed by atoms with Crippen LogP contribution in [-0.2, 0) is 4.79 Å². The normalized spacial score (nSPS) is 13.3. The van der Waals surface area contributed by atoms with Gasteiger partial charge in [-0.3, -0.25) is 4.79 Å². The van der Waals surface area contributed by atoms with E-state index in [1.807, 2.05) is 33.8 Å². The SMILES string of the molecule is Cc1ccc(Cl)cc1NC(=O)[C@H](N)C(C)(C)C. The molecule has 0 heterocycles. The van der Waals surface area contributed by atoms with E-state index < -0.39 is 6.04 Å². The molecule has 1 rings (SSSR count). The fourth-order valence-electron chi connectivity index (χ4n) is 1.33. The molecule has 1 aromatic carbocycles. The van der Waals surface area contributed by atoms with E-state index in [1.165, 1.54) is 0 Å². The Balaban J connectivity index is 2.85. The number of benzene rings is 1. The Morgan fingerprint density at radius 1 is 1.41 bits per heavy atom. The van der Waals surface area contributed by atoms with E-state index in [-0.39, 0.29) is 11.3 Å². The van der Waals surface area contributed by atoms with E-state index in [4.69, 9.17) is 17.3 Å². The molecule has 0 unspecified atom stereocenters. The molecule has 94 valence electrons. The minimum absolute atomic E-state index is 0.192. The third kappa shape index (κ3) is 3.72. The Kier molecular flexibility index (Phi) is 4.17. The van der Waals surface area contributed by atoms with Crippen molar-refractivity contribution in [2.45, 2.75) is 33.7 Å². The van der Waals surface area contributed by atoms with Crippen molar-refractivity contribution >= 4 is 23.2 Å². The first-order chi connectivity index (χ1) is 7.71. The van der Waals surface area contributed by atoms with Crippen LogP contribution in [0, 0.1) is 12.3 Å². The van der Waals surface area contributed by atoms with E-state index in [0.29, 0.717) is 10.7 Å². The summed E-state index contributed by atoms with van der Waals surface area (Å²) in [5, 5.41) is 3.40. The molecular formula is C13H19ClN2O. The van der Waals surface area contributed by atoms with Crippen LogP contribution >= 0.6 is 11.6 Å². The van der Waals surface area contributed by atoms with Gasteiger partial charge >= 0.3 is 0 Å². The van der Waals surface area contributed by atoms with Crippen LogP contribution in [0.25, 0.3) is 0 Å². The average Bonchev–Trinajstić information content (AvgIpc) is 2.21. The summed E-state index contributed by atoms with van der Waals surface area (Å²) < 4.78 is 0. The van der Waals surface area contributed by atoms with Crippen LogP contribution in [-0.4, -0.2) is 11.9 Å². The Labute approximate surface area is 107 Å². The maximum absolute atomic E-state index is 11.9. The maximum Gasteiger partial charge on any atom is 0.241 e. The standard InChI is InChI=1S/C13H19ClN2O/c1-8-5-6-9(14)7-10(8)16-12(17)11(15)13(2,3)4/h5-7,11H,15H2,1-4H3,(H,16,17)/t11-/m0/s1. The molecule has 0 fully saturated rings. The van der Waals surface area contributed by atoms with Gasteiger partial charge in [0.25, 0.3) is 0 Å². The van der Waals surface area contributed by atoms with Crippen molar-refractivity contribution < 1.29 is 4.79 Å². The number of hydrogen-bond donors (Lipinski definition) is 2. The number of nitrogens with two attached hydrogens (primary N) is 1. The fraction of sp³-hybridized carbons (Fsp3) is 0.462. The lowest BCUT2D eigenvalue weighted by Crippen LogP contribution is -2.45. The number of nitrogens with one attached hydrogen (secondary N) is 1. The molecule has 17 heavy (non-hydrogen) atoms. The zero-order valence-electron chi connectivity index (χ0n) is 10.7. The van der Waals surface area contributed by atoms with Crippen LogP contribution in [0.4, 0.5) is 5.69 Å². The molecule has 1 amide bonds. The first kappa shape index (κ1) is 14.0. The van der Waals surface area contributed by atoms with Crippen molar-refractivity contribution in [3.05, 3.63) is 28.8 Å². The smallest absolute Gasteiger partial charge is 0.241 e. The van der Waals surface area contributed by atoms with Gasteiger partial charge < -0.3 is 11.1 Å². The van der Waals surface area contributed by atoms with Gasteiger partial charge in [0.2, 0.25) is 5.91 Å². The zero-order valence-corrected chi connectivity index (χ0v) is 11.4. The van der Waals surface area contributed by atoms with Gasteiger partial charge in [0.05, 0.1) is 6.04 Å². The second-order valence-corrected chi connectivity index (χ2v) is 5.73. The summed E-state index contributed by atoms with van der Waals surface area (Å²) >= 11 is 5.89. The number of aryl methyl sites for hydroxylation is 1. The number of carbonyl (C=O) groups is 1. The molecule has 3 N–H and O–H groups in total. The lowest BCUT2D eigenvalue weighted by molar-refractivity contribution is -0.119. The maximum atomic E-state index is 11.9. The van der Waals surface area contributed by atoms with Gasteiger partial charge in [-0.25, -0.2) is 0 Å². The molecule has 0 radical (unpaired) electrons. The van der Waals surface area contributed by atoms with Gasteiger partial charge in [-0.2, -0.15) is 0 Å². The molecule has 0 aliphatic carbocycles. The highest BCUT2D eigenvalue weighted by molar-refractivity contribution is 6.31. The van der Waals surface area contributed by atoms with Gasteiger partial charge in [0.1, 0.15) is 0 Å². The van der Waals surface area contributed by atoms with Gasteiger partial charge in [-0.1, -0.05) is 38.4 Å². The van der Waals surface area contributed by atoms with Crippen molar-refractivity contribution in [1.29, 1.82) is 0 Å². The highest BCUT2D eigenvalue weighted by atomic mass is 35.5. The number of hydrogen-bond acceptors (Lipinski definition) is 2. The summed E-state index contributed by atoms with van der Waals surface area (Å²) in [6, 6.07) is 4.82. The van der Waals surface area contributed by atoms with E-state index >= 15 is 0 Å². The summed E-state index contributed by atoms with van der Waals surface area (Å²) in [6.07, 6.45) is 0. The van der Waals surface area contributed by atoms with Gasteiger partial charge in [-0.15, -0.1) is 0 Å². The number of amides is 1. The summed E-state index contributed by atoms with van der Waals surface area (Å²) in [5.74, 6) is -0.192. The molecule has 3 nitrogen and oxygen atoms in total. The van der Waals surface area contributed by atoms with Crippen LogP contribution in [0.1, 0.15) is 26.3 Å². The first-order valence-corrected chi connectivity index (χ1v) is 5.92.